The third-order valence-electron chi connectivity index (χ3n) is 3.02. The van der Waals surface area contributed by atoms with Crippen LogP contribution in [0.4, 0.5) is 5.82 Å². The zero-order valence-electron chi connectivity index (χ0n) is 12.2. The molecule has 19 heavy (non-hydrogen) atoms. The van der Waals surface area contributed by atoms with E-state index in [1.807, 2.05) is 6.92 Å². The van der Waals surface area contributed by atoms with Crippen molar-refractivity contribution in [1.82, 2.24) is 10.3 Å². The van der Waals surface area contributed by atoms with Gasteiger partial charge >= 0.3 is 0 Å². The molecule has 0 aliphatic carbocycles. The average Bonchev–Trinajstić information content (AvgIpc) is 2.36. The van der Waals surface area contributed by atoms with Crippen LogP contribution in [0.15, 0.2) is 12.1 Å². The van der Waals surface area contributed by atoms with Crippen molar-refractivity contribution in [3.05, 3.63) is 23.4 Å². The first kappa shape index (κ1) is 15.5. The predicted octanol–water partition coefficient (Wildman–Crippen LogP) is 2.78. The van der Waals surface area contributed by atoms with E-state index in [0.29, 0.717) is 11.4 Å². The standard InChI is InChI=1S/C15H25N3O/c1-4-13-9-12(10-14(16)18-13)15(19)17-8-6-5-7-11(2)3/h9-11H,4-8H2,1-3H3,(H2,16,18)(H,17,19). The van der Waals surface area contributed by atoms with E-state index in [1.165, 1.54) is 6.42 Å². The van der Waals surface area contributed by atoms with Crippen LogP contribution in [0.25, 0.3) is 0 Å². The monoisotopic (exact) mass is 263 g/mol. The van der Waals surface area contributed by atoms with Crippen molar-refractivity contribution >= 4 is 11.7 Å². The molecule has 0 bridgehead atoms. The predicted molar refractivity (Wildman–Crippen MR) is 79.0 cm³/mol. The second kappa shape index (κ2) is 7.77. The van der Waals surface area contributed by atoms with Crippen molar-refractivity contribution in [3.63, 3.8) is 0 Å². The molecular weight excluding hydrogens is 238 g/mol. The molecule has 0 spiro atoms. The largest absolute Gasteiger partial charge is 0.384 e. The smallest absolute Gasteiger partial charge is 0.251 e. The molecule has 1 aromatic heterocycles. The number of rotatable bonds is 7. The number of aromatic nitrogens is 1. The summed E-state index contributed by atoms with van der Waals surface area (Å²) < 4.78 is 0. The first-order chi connectivity index (χ1) is 9.02. The minimum atomic E-state index is -0.0617. The Labute approximate surface area is 115 Å². The maximum atomic E-state index is 12.0. The summed E-state index contributed by atoms with van der Waals surface area (Å²) in [7, 11) is 0. The second-order valence-corrected chi connectivity index (χ2v) is 5.27. The second-order valence-electron chi connectivity index (χ2n) is 5.27. The molecule has 0 aliphatic heterocycles. The lowest BCUT2D eigenvalue weighted by Crippen LogP contribution is -2.25. The number of aryl methyl sites for hydroxylation is 1. The van der Waals surface area contributed by atoms with E-state index < -0.39 is 0 Å². The molecule has 0 atom stereocenters. The lowest BCUT2D eigenvalue weighted by molar-refractivity contribution is 0.0952. The Kier molecular flexibility index (Phi) is 6.33. The van der Waals surface area contributed by atoms with Gasteiger partial charge in [0, 0.05) is 17.8 Å². The molecule has 3 N–H and O–H groups in total. The van der Waals surface area contributed by atoms with E-state index in [1.54, 1.807) is 12.1 Å². The molecule has 1 heterocycles. The zero-order chi connectivity index (χ0) is 14.3. The summed E-state index contributed by atoms with van der Waals surface area (Å²) in [5.74, 6) is 1.07. The number of nitrogen functional groups attached to an aromatic ring is 1. The number of nitrogens with one attached hydrogen (secondary N) is 1. The topological polar surface area (TPSA) is 68.0 Å². The molecule has 0 saturated heterocycles. The summed E-state index contributed by atoms with van der Waals surface area (Å²) in [5.41, 5.74) is 7.15. The summed E-state index contributed by atoms with van der Waals surface area (Å²) in [6, 6.07) is 3.43. The number of unbranched alkanes of at least 4 members (excludes halogenated alkanes) is 1. The quantitative estimate of drug-likeness (QED) is 0.743. The van der Waals surface area contributed by atoms with Crippen LogP contribution in [0.5, 0.6) is 0 Å². The fourth-order valence-electron chi connectivity index (χ4n) is 1.90. The number of carbonyl (C=O) groups excluding carboxylic acids is 1. The Morgan fingerprint density at radius 2 is 2.11 bits per heavy atom. The molecule has 106 valence electrons. The molecule has 0 fully saturated rings. The van der Waals surface area contributed by atoms with Gasteiger partial charge in [0.15, 0.2) is 0 Å². The van der Waals surface area contributed by atoms with Gasteiger partial charge in [-0.2, -0.15) is 0 Å². The number of amides is 1. The summed E-state index contributed by atoms with van der Waals surface area (Å²) >= 11 is 0. The lowest BCUT2D eigenvalue weighted by atomic mass is 10.1. The molecule has 4 nitrogen and oxygen atoms in total. The van der Waals surface area contributed by atoms with E-state index >= 15 is 0 Å². The Hall–Kier alpha value is -1.58. The number of pyridine rings is 1. The highest BCUT2D eigenvalue weighted by molar-refractivity contribution is 5.94. The van der Waals surface area contributed by atoms with E-state index in [-0.39, 0.29) is 5.91 Å². The highest BCUT2D eigenvalue weighted by Crippen LogP contribution is 2.09. The fraction of sp³-hybridized carbons (Fsp3) is 0.600. The Morgan fingerprint density at radius 3 is 2.74 bits per heavy atom. The van der Waals surface area contributed by atoms with Gasteiger partial charge in [0.2, 0.25) is 0 Å². The molecule has 0 aliphatic rings. The van der Waals surface area contributed by atoms with Crippen molar-refractivity contribution in [2.75, 3.05) is 12.3 Å². The van der Waals surface area contributed by atoms with Crippen LogP contribution in [0.3, 0.4) is 0 Å². The summed E-state index contributed by atoms with van der Waals surface area (Å²) in [6.45, 7) is 7.14. The lowest BCUT2D eigenvalue weighted by Gasteiger charge is -2.08. The van der Waals surface area contributed by atoms with Crippen LogP contribution < -0.4 is 11.1 Å². The van der Waals surface area contributed by atoms with Crippen LogP contribution in [0, 0.1) is 5.92 Å². The van der Waals surface area contributed by atoms with Gasteiger partial charge in [0.05, 0.1) is 0 Å². The van der Waals surface area contributed by atoms with Gasteiger partial charge in [-0.3, -0.25) is 4.79 Å². The summed E-state index contributed by atoms with van der Waals surface area (Å²) in [4.78, 5) is 16.1. The Balaban J connectivity index is 2.43. The third-order valence-corrected chi connectivity index (χ3v) is 3.02. The normalized spacial score (nSPS) is 10.7. The molecule has 0 radical (unpaired) electrons. The maximum absolute atomic E-state index is 12.0. The Bertz CT molecular complexity index is 416. The molecule has 0 aromatic carbocycles. The van der Waals surface area contributed by atoms with E-state index in [0.717, 1.165) is 37.4 Å². The van der Waals surface area contributed by atoms with Gasteiger partial charge in [0.25, 0.3) is 5.91 Å². The minimum absolute atomic E-state index is 0.0617. The van der Waals surface area contributed by atoms with Crippen molar-refractivity contribution in [3.8, 4) is 0 Å². The first-order valence-electron chi connectivity index (χ1n) is 7.07. The van der Waals surface area contributed by atoms with Gasteiger partial charge < -0.3 is 11.1 Å². The molecule has 0 unspecified atom stereocenters. The summed E-state index contributed by atoms with van der Waals surface area (Å²) in [5, 5.41) is 2.93. The number of anilines is 1. The van der Waals surface area contributed by atoms with Crippen molar-refractivity contribution in [2.45, 2.75) is 46.5 Å². The number of hydrogen-bond acceptors (Lipinski definition) is 3. The first-order valence-corrected chi connectivity index (χ1v) is 7.07. The van der Waals surface area contributed by atoms with Crippen LogP contribution in [0.2, 0.25) is 0 Å². The van der Waals surface area contributed by atoms with Crippen molar-refractivity contribution < 1.29 is 4.79 Å². The molecule has 0 saturated carbocycles. The van der Waals surface area contributed by atoms with Crippen molar-refractivity contribution in [2.24, 2.45) is 5.92 Å². The van der Waals surface area contributed by atoms with Crippen molar-refractivity contribution in [1.29, 1.82) is 0 Å². The summed E-state index contributed by atoms with van der Waals surface area (Å²) in [6.07, 6.45) is 4.15. The number of nitrogens with zero attached hydrogens (tertiary/aromatic N) is 1. The average molecular weight is 263 g/mol. The van der Waals surface area contributed by atoms with Crippen LogP contribution >= 0.6 is 0 Å². The molecule has 1 amide bonds. The molecule has 4 heteroatoms. The molecule has 1 rings (SSSR count). The van der Waals surface area contributed by atoms with Gasteiger partial charge in [-0.05, 0) is 30.9 Å². The van der Waals surface area contributed by atoms with Gasteiger partial charge in [-0.1, -0.05) is 33.6 Å². The highest BCUT2D eigenvalue weighted by atomic mass is 16.1. The molecular formula is C15H25N3O. The van der Waals surface area contributed by atoms with Crippen LogP contribution in [0.1, 0.15) is 56.1 Å². The Morgan fingerprint density at radius 1 is 1.37 bits per heavy atom. The van der Waals surface area contributed by atoms with Crippen LogP contribution in [-0.2, 0) is 6.42 Å². The van der Waals surface area contributed by atoms with Gasteiger partial charge in [-0.25, -0.2) is 4.98 Å². The van der Waals surface area contributed by atoms with E-state index in [9.17, 15) is 4.79 Å². The number of carbonyl (C=O) groups is 1. The van der Waals surface area contributed by atoms with E-state index in [2.05, 4.69) is 24.1 Å². The highest BCUT2D eigenvalue weighted by Gasteiger charge is 2.07. The number of nitrogens with two attached hydrogens (primary N) is 1. The van der Waals surface area contributed by atoms with Gasteiger partial charge in [-0.15, -0.1) is 0 Å². The zero-order valence-corrected chi connectivity index (χ0v) is 12.2. The van der Waals surface area contributed by atoms with Gasteiger partial charge in [0.1, 0.15) is 5.82 Å². The fourth-order valence-corrected chi connectivity index (χ4v) is 1.90. The third kappa shape index (κ3) is 5.73. The number of hydrogen-bond donors (Lipinski definition) is 2. The minimum Gasteiger partial charge on any atom is -0.384 e. The molecule has 1 aromatic rings. The maximum Gasteiger partial charge on any atom is 0.251 e. The van der Waals surface area contributed by atoms with E-state index in [4.69, 9.17) is 5.73 Å². The SMILES string of the molecule is CCc1cc(C(=O)NCCCCC(C)C)cc(N)n1. The van der Waals surface area contributed by atoms with Crippen LogP contribution in [-0.4, -0.2) is 17.4 Å².